The number of hydrogen-bond acceptors (Lipinski definition) is 4. The van der Waals surface area contributed by atoms with Gasteiger partial charge in [-0.2, -0.15) is 0 Å². The fourth-order valence-corrected chi connectivity index (χ4v) is 1.22. The van der Waals surface area contributed by atoms with Gasteiger partial charge < -0.3 is 20.9 Å². The molecule has 0 saturated heterocycles. The van der Waals surface area contributed by atoms with Crippen molar-refractivity contribution >= 4 is 5.91 Å². The van der Waals surface area contributed by atoms with Gasteiger partial charge in [0.15, 0.2) is 0 Å². The molecule has 4 N–H and O–H groups in total. The molecule has 0 bridgehead atoms. The van der Waals surface area contributed by atoms with Crippen LogP contribution in [-0.4, -0.2) is 30.3 Å². The third-order valence-electron chi connectivity index (χ3n) is 2.16. The first-order chi connectivity index (χ1) is 8.13. The van der Waals surface area contributed by atoms with Gasteiger partial charge in [0.2, 0.25) is 5.91 Å². The Hall–Kier alpha value is -1.59. The summed E-state index contributed by atoms with van der Waals surface area (Å²) >= 11 is 0. The largest absolute Gasteiger partial charge is 0.491 e. The fraction of sp³-hybridized carbons (Fsp3) is 0.417. The molecule has 1 rings (SSSR count). The molecule has 5 nitrogen and oxygen atoms in total. The summed E-state index contributed by atoms with van der Waals surface area (Å²) in [6, 6.07) is 6.80. The average Bonchev–Trinajstić information content (AvgIpc) is 2.34. The predicted molar refractivity (Wildman–Crippen MR) is 64.5 cm³/mol. The zero-order valence-electron chi connectivity index (χ0n) is 9.85. The topological polar surface area (TPSA) is 84.6 Å². The first kappa shape index (κ1) is 13.5. The summed E-state index contributed by atoms with van der Waals surface area (Å²) in [6.07, 6.45) is 0. The molecule has 0 aliphatic heterocycles. The molecule has 0 unspecified atom stereocenters. The van der Waals surface area contributed by atoms with Gasteiger partial charge in [-0.15, -0.1) is 0 Å². The van der Waals surface area contributed by atoms with E-state index >= 15 is 0 Å². The molecule has 0 radical (unpaired) electrons. The smallest absolute Gasteiger partial charge is 0.236 e. The van der Waals surface area contributed by atoms with Crippen molar-refractivity contribution in [3.63, 3.8) is 0 Å². The molecule has 0 fully saturated rings. The second-order valence-electron chi connectivity index (χ2n) is 3.72. The number of carbonyl (C=O) groups is 1. The molecule has 1 aromatic carbocycles. The first-order valence-corrected chi connectivity index (χ1v) is 5.49. The van der Waals surface area contributed by atoms with E-state index in [-0.39, 0.29) is 19.1 Å². The Morgan fingerprint density at radius 2 is 2.12 bits per heavy atom. The van der Waals surface area contributed by atoms with E-state index < -0.39 is 6.04 Å². The SMILES string of the molecule is C[C@@H](N)C(=O)NCc1ccc(OCCO)cc1. The third-order valence-corrected chi connectivity index (χ3v) is 2.16. The minimum atomic E-state index is -0.498. The maximum atomic E-state index is 11.2. The Balaban J connectivity index is 2.42. The molecular weight excluding hydrogens is 220 g/mol. The van der Waals surface area contributed by atoms with E-state index in [0.717, 1.165) is 5.56 Å². The molecular formula is C12H18N2O3. The molecule has 0 aliphatic rings. The van der Waals surface area contributed by atoms with Crippen LogP contribution in [0.1, 0.15) is 12.5 Å². The molecule has 0 saturated carbocycles. The molecule has 0 aliphatic carbocycles. The number of nitrogens with one attached hydrogen (secondary N) is 1. The van der Waals surface area contributed by atoms with Crippen molar-refractivity contribution in [3.05, 3.63) is 29.8 Å². The zero-order chi connectivity index (χ0) is 12.7. The van der Waals surface area contributed by atoms with Crippen LogP contribution in [0, 0.1) is 0 Å². The molecule has 1 amide bonds. The lowest BCUT2D eigenvalue weighted by Gasteiger charge is -2.08. The van der Waals surface area contributed by atoms with E-state index in [4.69, 9.17) is 15.6 Å². The molecule has 0 heterocycles. The lowest BCUT2D eigenvalue weighted by molar-refractivity contribution is -0.122. The molecule has 1 atom stereocenters. The van der Waals surface area contributed by atoms with Crippen molar-refractivity contribution in [1.29, 1.82) is 0 Å². The number of aliphatic hydroxyl groups excluding tert-OH is 1. The van der Waals surface area contributed by atoms with Crippen LogP contribution in [0.15, 0.2) is 24.3 Å². The van der Waals surface area contributed by atoms with E-state index in [2.05, 4.69) is 5.32 Å². The molecule has 17 heavy (non-hydrogen) atoms. The van der Waals surface area contributed by atoms with Crippen LogP contribution < -0.4 is 15.8 Å². The van der Waals surface area contributed by atoms with Gasteiger partial charge in [0.25, 0.3) is 0 Å². The Morgan fingerprint density at radius 3 is 2.65 bits per heavy atom. The van der Waals surface area contributed by atoms with E-state index in [1.54, 1.807) is 19.1 Å². The number of nitrogens with two attached hydrogens (primary N) is 1. The van der Waals surface area contributed by atoms with Gasteiger partial charge in [0.1, 0.15) is 12.4 Å². The van der Waals surface area contributed by atoms with Gasteiger partial charge >= 0.3 is 0 Å². The van der Waals surface area contributed by atoms with Crippen molar-refractivity contribution in [3.8, 4) is 5.75 Å². The number of rotatable bonds is 6. The standard InChI is InChI=1S/C12H18N2O3/c1-9(13)12(16)14-8-10-2-4-11(5-3-10)17-7-6-15/h2-5,9,15H,6-8,13H2,1H3,(H,14,16)/t9-/m1/s1. The average molecular weight is 238 g/mol. The van der Waals surface area contributed by atoms with Crippen molar-refractivity contribution in [2.75, 3.05) is 13.2 Å². The highest BCUT2D eigenvalue weighted by Crippen LogP contribution is 2.11. The number of ether oxygens (including phenoxy) is 1. The van der Waals surface area contributed by atoms with Gasteiger partial charge in [-0.05, 0) is 24.6 Å². The second kappa shape index (κ2) is 6.88. The maximum Gasteiger partial charge on any atom is 0.236 e. The highest BCUT2D eigenvalue weighted by atomic mass is 16.5. The van der Waals surface area contributed by atoms with Crippen molar-refractivity contribution in [2.24, 2.45) is 5.73 Å². The third kappa shape index (κ3) is 4.84. The molecule has 1 aromatic rings. The van der Waals surface area contributed by atoms with Crippen LogP contribution >= 0.6 is 0 Å². The fourth-order valence-electron chi connectivity index (χ4n) is 1.22. The lowest BCUT2D eigenvalue weighted by atomic mass is 10.2. The minimum Gasteiger partial charge on any atom is -0.491 e. The van der Waals surface area contributed by atoms with E-state index in [0.29, 0.717) is 12.3 Å². The number of hydrogen-bond donors (Lipinski definition) is 3. The molecule has 0 aromatic heterocycles. The van der Waals surface area contributed by atoms with Crippen LogP contribution in [0.3, 0.4) is 0 Å². The van der Waals surface area contributed by atoms with Crippen molar-refractivity contribution in [2.45, 2.75) is 19.5 Å². The molecule has 5 heteroatoms. The number of benzene rings is 1. The van der Waals surface area contributed by atoms with E-state index in [1.165, 1.54) is 0 Å². The Morgan fingerprint density at radius 1 is 1.47 bits per heavy atom. The van der Waals surface area contributed by atoms with Gasteiger partial charge in [-0.3, -0.25) is 4.79 Å². The monoisotopic (exact) mass is 238 g/mol. The molecule has 0 spiro atoms. The van der Waals surface area contributed by atoms with Crippen molar-refractivity contribution in [1.82, 2.24) is 5.32 Å². The van der Waals surface area contributed by atoms with E-state index in [1.807, 2.05) is 12.1 Å². The highest BCUT2D eigenvalue weighted by Gasteiger charge is 2.05. The second-order valence-corrected chi connectivity index (χ2v) is 3.72. The Kier molecular flexibility index (Phi) is 5.45. The summed E-state index contributed by atoms with van der Waals surface area (Å²) in [6.45, 7) is 2.36. The summed E-state index contributed by atoms with van der Waals surface area (Å²) < 4.78 is 5.22. The zero-order valence-corrected chi connectivity index (χ0v) is 9.85. The summed E-state index contributed by atoms with van der Waals surface area (Å²) in [4.78, 5) is 11.2. The van der Waals surface area contributed by atoms with Gasteiger partial charge in [0.05, 0.1) is 12.6 Å². The predicted octanol–water partition coefficient (Wildman–Crippen LogP) is 0.0211. The summed E-state index contributed by atoms with van der Waals surface area (Å²) in [5.74, 6) is 0.520. The number of carbonyl (C=O) groups excluding carboxylic acids is 1. The first-order valence-electron chi connectivity index (χ1n) is 5.49. The van der Waals surface area contributed by atoms with Crippen LogP contribution in [0.2, 0.25) is 0 Å². The van der Waals surface area contributed by atoms with Crippen molar-refractivity contribution < 1.29 is 14.6 Å². The van der Waals surface area contributed by atoms with Crippen LogP contribution in [0.25, 0.3) is 0 Å². The maximum absolute atomic E-state index is 11.2. The van der Waals surface area contributed by atoms with Crippen LogP contribution in [0.5, 0.6) is 5.75 Å². The summed E-state index contributed by atoms with van der Waals surface area (Å²) in [7, 11) is 0. The van der Waals surface area contributed by atoms with E-state index in [9.17, 15) is 4.79 Å². The highest BCUT2D eigenvalue weighted by molar-refractivity contribution is 5.80. The summed E-state index contributed by atoms with van der Waals surface area (Å²) in [5, 5.41) is 11.3. The quantitative estimate of drug-likeness (QED) is 0.652. The van der Waals surface area contributed by atoms with Crippen LogP contribution in [-0.2, 0) is 11.3 Å². The lowest BCUT2D eigenvalue weighted by Crippen LogP contribution is -2.37. The Bertz CT molecular complexity index is 349. The minimum absolute atomic E-state index is 0.00774. The number of amides is 1. The van der Waals surface area contributed by atoms with Gasteiger partial charge in [-0.1, -0.05) is 12.1 Å². The van der Waals surface area contributed by atoms with Gasteiger partial charge in [0, 0.05) is 6.54 Å². The Labute approximate surface area is 101 Å². The van der Waals surface area contributed by atoms with Gasteiger partial charge in [-0.25, -0.2) is 0 Å². The van der Waals surface area contributed by atoms with Crippen LogP contribution in [0.4, 0.5) is 0 Å². The molecule has 94 valence electrons. The normalized spacial score (nSPS) is 11.9. The number of aliphatic hydroxyl groups is 1. The summed E-state index contributed by atoms with van der Waals surface area (Å²) in [5.41, 5.74) is 6.39.